The fraction of sp³-hybridized carbons (Fsp3) is 0.486. The van der Waals surface area contributed by atoms with Crippen LogP contribution in [0.15, 0.2) is 72.8 Å². The lowest BCUT2D eigenvalue weighted by Gasteiger charge is -2.57. The van der Waals surface area contributed by atoms with Crippen LogP contribution >= 0.6 is 0 Å². The molecule has 4 saturated carbocycles. The van der Waals surface area contributed by atoms with Crippen LogP contribution in [0.4, 0.5) is 5.69 Å². The lowest BCUT2D eigenvalue weighted by Crippen LogP contribution is -3.00. The first kappa shape index (κ1) is 28.5. The van der Waals surface area contributed by atoms with E-state index < -0.39 is 0 Å². The quantitative estimate of drug-likeness (QED) is 0.334. The van der Waals surface area contributed by atoms with Gasteiger partial charge >= 0.3 is 0 Å². The number of hydrogen-bond donors (Lipinski definition) is 1. The monoisotopic (exact) mass is 612 g/mol. The van der Waals surface area contributed by atoms with E-state index in [1.54, 1.807) is 7.11 Å². The molecule has 4 fully saturated rings. The summed E-state index contributed by atoms with van der Waals surface area (Å²) >= 11 is 0. The van der Waals surface area contributed by atoms with Gasteiger partial charge in [0.15, 0.2) is 12.6 Å². The Morgan fingerprint density at radius 3 is 2.20 bits per heavy atom. The molecule has 3 nitrogen and oxygen atoms in total. The largest absolute Gasteiger partial charge is 1.00 e. The maximum atomic E-state index is 5.66. The van der Waals surface area contributed by atoms with E-state index in [0.29, 0.717) is 11.6 Å². The molecule has 3 aromatic rings. The van der Waals surface area contributed by atoms with Gasteiger partial charge in [-0.25, -0.2) is 4.58 Å². The summed E-state index contributed by atoms with van der Waals surface area (Å²) in [6, 6.07) is 27.7. The number of nitrogens with one attached hydrogen (secondary N) is 1. The Morgan fingerprint density at radius 1 is 0.878 bits per heavy atom. The highest BCUT2D eigenvalue weighted by Crippen LogP contribution is 2.56. The minimum absolute atomic E-state index is 0. The van der Waals surface area contributed by atoms with Crippen molar-refractivity contribution in [3.63, 3.8) is 0 Å². The molecular weight excluding hydrogens is 568 g/mol. The summed E-state index contributed by atoms with van der Waals surface area (Å²) in [4.78, 5) is 0. The van der Waals surface area contributed by atoms with E-state index in [-0.39, 0.29) is 17.0 Å². The van der Waals surface area contributed by atoms with E-state index in [1.165, 1.54) is 91.4 Å². The zero-order valence-corrected chi connectivity index (χ0v) is 26.3. The molecule has 4 aliphatic carbocycles. The molecule has 0 aromatic heterocycles. The first-order valence-electron chi connectivity index (χ1n) is 15.8. The third-order valence-corrected chi connectivity index (χ3v) is 10.4. The van der Waals surface area contributed by atoms with E-state index in [9.17, 15) is 0 Å². The Labute approximate surface area is 257 Å². The van der Waals surface area contributed by atoms with Gasteiger partial charge in [-0.3, -0.25) is 0 Å². The third-order valence-electron chi connectivity index (χ3n) is 10.4. The summed E-state index contributed by atoms with van der Waals surface area (Å²) in [5, 5.41) is 4.10. The highest BCUT2D eigenvalue weighted by atomic mass is 79.9. The predicted octanol–water partition coefficient (Wildman–Crippen LogP) is 5.24. The highest BCUT2D eigenvalue weighted by molar-refractivity contribution is 6.11. The van der Waals surface area contributed by atoms with Crippen molar-refractivity contribution in [2.75, 3.05) is 12.4 Å². The van der Waals surface area contributed by atoms with Crippen LogP contribution in [0.25, 0.3) is 0 Å². The molecule has 0 spiro atoms. The van der Waals surface area contributed by atoms with Gasteiger partial charge in [-0.15, -0.1) is 0 Å². The number of unbranched alkanes of at least 4 members (excludes halogenated alkanes) is 1. The number of fused-ring (bicyclic) bond motifs is 1. The number of anilines is 1. The summed E-state index contributed by atoms with van der Waals surface area (Å²) in [7, 11) is 1.78. The number of nitrogens with zero attached hydrogens (tertiary/aromatic N) is 1. The lowest BCUT2D eigenvalue weighted by atomic mass is 9.53. The molecule has 4 heteroatoms. The van der Waals surface area contributed by atoms with E-state index >= 15 is 0 Å². The van der Waals surface area contributed by atoms with E-state index in [2.05, 4.69) is 89.6 Å². The van der Waals surface area contributed by atoms with Gasteiger partial charge in [0.2, 0.25) is 5.71 Å². The molecule has 5 aliphatic rings. The third kappa shape index (κ3) is 5.74. The molecule has 4 bridgehead atoms. The second kappa shape index (κ2) is 12.0. The normalized spacial score (nSPS) is 27.8. The van der Waals surface area contributed by atoms with Gasteiger partial charge in [0.05, 0.1) is 12.7 Å². The average molecular weight is 614 g/mol. The summed E-state index contributed by atoms with van der Waals surface area (Å²) in [6.45, 7) is 3.24. The van der Waals surface area contributed by atoms with Crippen LogP contribution in [-0.4, -0.2) is 29.0 Å². The van der Waals surface area contributed by atoms with Crippen molar-refractivity contribution in [2.24, 2.45) is 17.8 Å². The second-order valence-corrected chi connectivity index (χ2v) is 13.4. The van der Waals surface area contributed by atoms with Crippen LogP contribution < -0.4 is 27.0 Å². The zero-order valence-electron chi connectivity index (χ0n) is 24.7. The van der Waals surface area contributed by atoms with E-state index in [0.717, 1.165) is 36.5 Å². The molecule has 216 valence electrons. The van der Waals surface area contributed by atoms with Crippen LogP contribution in [0.3, 0.4) is 0 Å². The molecule has 1 N–H and O–H groups in total. The molecule has 1 heterocycles. The number of ether oxygens (including phenoxy) is 1. The smallest absolute Gasteiger partial charge is 0.215 e. The van der Waals surface area contributed by atoms with Crippen molar-refractivity contribution in [1.29, 1.82) is 0 Å². The number of halogens is 1. The number of rotatable bonds is 9. The molecule has 1 unspecified atom stereocenters. The molecule has 1 atom stereocenters. The maximum Gasteiger partial charge on any atom is 0.215 e. The molecule has 1 aliphatic heterocycles. The summed E-state index contributed by atoms with van der Waals surface area (Å²) < 4.78 is 8.37. The minimum atomic E-state index is 0. The van der Waals surface area contributed by atoms with Gasteiger partial charge in [0, 0.05) is 35.2 Å². The van der Waals surface area contributed by atoms with Crippen molar-refractivity contribution >= 4 is 11.4 Å². The topological polar surface area (TPSA) is 24.3 Å². The van der Waals surface area contributed by atoms with Crippen molar-refractivity contribution in [3.8, 4) is 5.75 Å². The van der Waals surface area contributed by atoms with Gasteiger partial charge in [-0.05, 0) is 111 Å². The summed E-state index contributed by atoms with van der Waals surface area (Å²) in [5.74, 6) is 3.82. The van der Waals surface area contributed by atoms with Gasteiger partial charge in [-0.2, -0.15) is 0 Å². The zero-order chi connectivity index (χ0) is 27.1. The van der Waals surface area contributed by atoms with Crippen LogP contribution in [0.1, 0.15) is 87.0 Å². The Morgan fingerprint density at radius 2 is 1.56 bits per heavy atom. The van der Waals surface area contributed by atoms with Crippen LogP contribution in [0.5, 0.6) is 5.75 Å². The minimum Gasteiger partial charge on any atom is -1.00 e. The SMILES string of the molecule is CCCCC1Cc2cc(OC)ccc2C(c2ccc(NC34CC5CC(CC(C5)C3)C4)cc2)=[N+]1Cc1ccccc1.[Br-]. The summed E-state index contributed by atoms with van der Waals surface area (Å²) in [6.07, 6.45) is 13.3. The maximum absolute atomic E-state index is 5.66. The molecule has 41 heavy (non-hydrogen) atoms. The summed E-state index contributed by atoms with van der Waals surface area (Å²) in [5.41, 5.74) is 8.46. The van der Waals surface area contributed by atoms with E-state index in [1.807, 2.05) is 0 Å². The molecule has 0 radical (unpaired) electrons. The molecular formula is C37H45BrN2O. The predicted molar refractivity (Wildman–Crippen MR) is 165 cm³/mol. The Balaban J connectivity index is 0.00000302. The highest BCUT2D eigenvalue weighted by Gasteiger charge is 2.50. The molecule has 0 amide bonds. The van der Waals surface area contributed by atoms with Crippen molar-refractivity contribution in [2.45, 2.75) is 89.3 Å². The number of hydrogen-bond acceptors (Lipinski definition) is 2. The Kier molecular flexibility index (Phi) is 8.32. The number of methoxy groups -OCH3 is 1. The van der Waals surface area contributed by atoms with Gasteiger partial charge in [0.25, 0.3) is 0 Å². The van der Waals surface area contributed by atoms with Crippen molar-refractivity contribution in [1.82, 2.24) is 0 Å². The Bertz CT molecular complexity index is 1340. The molecule has 0 saturated heterocycles. The fourth-order valence-corrected chi connectivity index (χ4v) is 9.09. The first-order valence-corrected chi connectivity index (χ1v) is 15.8. The van der Waals surface area contributed by atoms with Gasteiger partial charge in [0.1, 0.15) is 5.75 Å². The lowest BCUT2D eigenvalue weighted by molar-refractivity contribution is -0.583. The number of benzene rings is 3. The second-order valence-electron chi connectivity index (χ2n) is 13.4. The van der Waals surface area contributed by atoms with Crippen LogP contribution in [0.2, 0.25) is 0 Å². The first-order chi connectivity index (χ1) is 19.6. The van der Waals surface area contributed by atoms with Gasteiger partial charge < -0.3 is 27.0 Å². The average Bonchev–Trinajstić information content (AvgIpc) is 2.96. The molecule has 3 aromatic carbocycles. The standard InChI is InChI=1S/C37H44N2O.BrH/c1-3-4-10-33-20-31-21-34(40-2)15-16-35(31)36(39(33)25-26-8-6-5-7-9-26)30-11-13-32(14-12-30)38-37-22-27-17-28(23-37)19-29(18-27)24-37;/h5-9,11-16,21,27-29,33H,3-4,10,17-20,22-25H2,1-2H3;1H. The van der Waals surface area contributed by atoms with Crippen molar-refractivity contribution in [3.05, 3.63) is 95.1 Å². The van der Waals surface area contributed by atoms with Crippen molar-refractivity contribution < 1.29 is 26.3 Å². The Hall–Kier alpha value is -2.59. The van der Waals surface area contributed by atoms with Crippen LogP contribution in [0, 0.1) is 17.8 Å². The molecule has 8 rings (SSSR count). The fourth-order valence-electron chi connectivity index (χ4n) is 9.09. The van der Waals surface area contributed by atoms with E-state index in [4.69, 9.17) is 4.74 Å². The van der Waals surface area contributed by atoms with Crippen LogP contribution in [-0.2, 0) is 13.0 Å². The van der Waals surface area contributed by atoms with Gasteiger partial charge in [-0.1, -0.05) is 43.7 Å².